The summed E-state index contributed by atoms with van der Waals surface area (Å²) in [5.74, 6) is -1.21. The highest BCUT2D eigenvalue weighted by atomic mass is 16.6. The van der Waals surface area contributed by atoms with Gasteiger partial charge in [0.1, 0.15) is 0 Å². The van der Waals surface area contributed by atoms with E-state index in [1.54, 1.807) is 0 Å². The van der Waals surface area contributed by atoms with Crippen LogP contribution in [-0.2, 0) is 0 Å². The van der Waals surface area contributed by atoms with E-state index in [9.17, 15) is 30.3 Å². The van der Waals surface area contributed by atoms with Crippen LogP contribution in [0.1, 0.15) is 6.42 Å². The first-order valence-electron chi connectivity index (χ1n) is 6.75. The van der Waals surface area contributed by atoms with Gasteiger partial charge in [0.25, 0.3) is 11.4 Å². The number of rotatable bonds is 3. The van der Waals surface area contributed by atoms with Gasteiger partial charge in [-0.15, -0.1) is 0 Å². The first kappa shape index (κ1) is 19.5. The molecule has 0 radical (unpaired) electrons. The molecule has 0 saturated heterocycles. The summed E-state index contributed by atoms with van der Waals surface area (Å²) in [5, 5.41) is 48.7. The fourth-order valence-electron chi connectivity index (χ4n) is 1.95. The Bertz CT molecular complexity index is 748. The van der Waals surface area contributed by atoms with E-state index >= 15 is 0 Å². The molecular formula is C13H13N5O7. The highest BCUT2D eigenvalue weighted by Gasteiger charge is 2.30. The maximum atomic E-state index is 10.4. The van der Waals surface area contributed by atoms with Gasteiger partial charge in [-0.25, -0.2) is 0 Å². The first-order chi connectivity index (χ1) is 11.7. The van der Waals surface area contributed by atoms with Gasteiger partial charge in [-0.3, -0.25) is 30.3 Å². The predicted octanol–water partition coefficient (Wildman–Crippen LogP) is 1.89. The molecule has 1 aromatic carbocycles. The third-order valence-electron chi connectivity index (χ3n) is 3.14. The normalized spacial score (nSPS) is 13.7. The molecule has 0 atom stereocenters. The molecule has 0 spiro atoms. The molecule has 0 amide bonds. The fourth-order valence-corrected chi connectivity index (χ4v) is 1.95. The summed E-state index contributed by atoms with van der Waals surface area (Å²) in [6, 6.07) is 3.05. The molecule has 1 N–H and O–H groups in total. The lowest BCUT2D eigenvalue weighted by molar-refractivity contribution is -0.404. The molecule has 2 rings (SSSR count). The van der Waals surface area contributed by atoms with Crippen molar-refractivity contribution in [1.29, 1.82) is 5.26 Å². The van der Waals surface area contributed by atoms with Gasteiger partial charge in [-0.2, -0.15) is 5.26 Å². The molecule has 0 unspecified atom stereocenters. The van der Waals surface area contributed by atoms with E-state index in [2.05, 4.69) is 11.0 Å². The van der Waals surface area contributed by atoms with Crippen molar-refractivity contribution in [3.8, 4) is 11.8 Å². The number of benzene rings is 1. The Labute approximate surface area is 140 Å². The number of phenols is 1. The van der Waals surface area contributed by atoms with Gasteiger partial charge in [-0.1, -0.05) is 6.08 Å². The van der Waals surface area contributed by atoms with Crippen LogP contribution in [0, 0.1) is 41.7 Å². The molecule has 12 heteroatoms. The van der Waals surface area contributed by atoms with Crippen molar-refractivity contribution in [2.24, 2.45) is 0 Å². The van der Waals surface area contributed by atoms with Gasteiger partial charge in [0, 0.05) is 18.7 Å². The van der Waals surface area contributed by atoms with Crippen molar-refractivity contribution in [2.45, 2.75) is 6.42 Å². The maximum absolute atomic E-state index is 10.4. The van der Waals surface area contributed by atoms with E-state index in [1.165, 1.54) is 0 Å². The lowest BCUT2D eigenvalue weighted by Gasteiger charge is -2.18. The monoisotopic (exact) mass is 351 g/mol. The average Bonchev–Trinajstić information content (AvgIpc) is 2.54. The zero-order valence-corrected chi connectivity index (χ0v) is 13.0. The molecule has 1 heterocycles. The number of nitro benzene ring substituents is 3. The molecule has 0 fully saturated rings. The second-order valence-corrected chi connectivity index (χ2v) is 4.97. The quantitative estimate of drug-likeness (QED) is 0.628. The molecule has 0 aromatic heterocycles. The number of nitrogens with zero attached hydrogens (tertiary/aromatic N) is 5. The molecule has 0 saturated carbocycles. The lowest BCUT2D eigenvalue weighted by Crippen LogP contribution is -2.24. The minimum Gasteiger partial charge on any atom is -0.497 e. The zero-order valence-electron chi connectivity index (χ0n) is 13.0. The van der Waals surface area contributed by atoms with Gasteiger partial charge in [0.2, 0.25) is 0 Å². The second kappa shape index (κ2) is 8.31. The van der Waals surface area contributed by atoms with Crippen molar-refractivity contribution >= 4 is 17.1 Å². The molecular weight excluding hydrogens is 338 g/mol. The highest BCUT2D eigenvalue weighted by Crippen LogP contribution is 2.38. The van der Waals surface area contributed by atoms with Crippen LogP contribution in [-0.4, -0.2) is 44.9 Å². The number of aromatic hydroxyl groups is 1. The van der Waals surface area contributed by atoms with E-state index in [0.29, 0.717) is 12.1 Å². The second-order valence-electron chi connectivity index (χ2n) is 4.97. The molecule has 0 bridgehead atoms. The number of likely N-dealkylation sites (N-methyl/N-ethyl adjacent to an activating group) is 1. The lowest BCUT2D eigenvalue weighted by atomic mass is 10.1. The molecule has 1 aromatic rings. The molecule has 0 aliphatic carbocycles. The number of nitriles is 1. The largest absolute Gasteiger partial charge is 0.497 e. The third-order valence-corrected chi connectivity index (χ3v) is 3.14. The predicted molar refractivity (Wildman–Crippen MR) is 83.9 cm³/mol. The molecule has 132 valence electrons. The van der Waals surface area contributed by atoms with E-state index < -0.39 is 37.6 Å². The standard InChI is InChI=1S/C7H10N2.C6H3N3O7/c1-9-4-2-3-7(5-8)6-9;10-6-4(8(13)14)1-3(7(11)12)2-5(6)9(15)16/h3H,2,4,6H2,1H3;1-2,10H. The minimum atomic E-state index is -1.21. The van der Waals surface area contributed by atoms with Gasteiger partial charge >= 0.3 is 11.4 Å². The van der Waals surface area contributed by atoms with Crippen molar-refractivity contribution < 1.29 is 19.9 Å². The number of hydrogen-bond acceptors (Lipinski definition) is 9. The van der Waals surface area contributed by atoms with E-state index in [4.69, 9.17) is 10.4 Å². The number of non-ortho nitro benzene ring substituents is 1. The Balaban J connectivity index is 0.000000293. The Morgan fingerprint density at radius 2 is 1.64 bits per heavy atom. The van der Waals surface area contributed by atoms with E-state index in [-0.39, 0.29) is 0 Å². The summed E-state index contributed by atoms with van der Waals surface area (Å²) in [4.78, 5) is 29.9. The van der Waals surface area contributed by atoms with E-state index in [1.807, 2.05) is 13.1 Å². The Morgan fingerprint density at radius 1 is 1.12 bits per heavy atom. The van der Waals surface area contributed by atoms with Crippen LogP contribution >= 0.6 is 0 Å². The van der Waals surface area contributed by atoms with Crippen LogP contribution in [0.5, 0.6) is 5.75 Å². The third kappa shape index (κ3) is 5.22. The van der Waals surface area contributed by atoms with Crippen LogP contribution in [0.25, 0.3) is 0 Å². The summed E-state index contributed by atoms with van der Waals surface area (Å²) < 4.78 is 0. The summed E-state index contributed by atoms with van der Waals surface area (Å²) in [6.07, 6.45) is 3.04. The zero-order chi connectivity index (χ0) is 19.1. The Morgan fingerprint density at radius 3 is 1.96 bits per heavy atom. The molecule has 12 nitrogen and oxygen atoms in total. The van der Waals surface area contributed by atoms with Crippen LogP contribution in [0.4, 0.5) is 17.1 Å². The molecule has 1 aliphatic heterocycles. The Kier molecular flexibility index (Phi) is 6.47. The molecule has 25 heavy (non-hydrogen) atoms. The van der Waals surface area contributed by atoms with Crippen LogP contribution in [0.2, 0.25) is 0 Å². The first-order valence-corrected chi connectivity index (χ1v) is 6.75. The van der Waals surface area contributed by atoms with Crippen molar-refractivity contribution in [3.05, 3.63) is 54.1 Å². The van der Waals surface area contributed by atoms with Gasteiger partial charge in [0.05, 0.1) is 33.0 Å². The van der Waals surface area contributed by atoms with Gasteiger partial charge < -0.3 is 10.0 Å². The SMILES string of the molecule is CN1CCC=C(C#N)C1.O=[N+]([O-])c1cc([N+](=O)[O-])c(O)c([N+](=O)[O-])c1. The number of hydrogen-bond donors (Lipinski definition) is 1. The highest BCUT2D eigenvalue weighted by molar-refractivity contribution is 5.64. The van der Waals surface area contributed by atoms with Gasteiger partial charge in [-0.05, 0) is 13.5 Å². The minimum absolute atomic E-state index is 0.447. The van der Waals surface area contributed by atoms with Crippen molar-refractivity contribution in [2.75, 3.05) is 20.1 Å². The smallest absolute Gasteiger partial charge is 0.324 e. The van der Waals surface area contributed by atoms with Crippen LogP contribution < -0.4 is 0 Å². The fraction of sp³-hybridized carbons (Fsp3) is 0.308. The molecule has 1 aliphatic rings. The summed E-state index contributed by atoms with van der Waals surface area (Å²) >= 11 is 0. The summed E-state index contributed by atoms with van der Waals surface area (Å²) in [7, 11) is 2.03. The summed E-state index contributed by atoms with van der Waals surface area (Å²) in [6.45, 7) is 1.92. The maximum Gasteiger partial charge on any atom is 0.324 e. The van der Waals surface area contributed by atoms with Crippen LogP contribution in [0.15, 0.2) is 23.8 Å². The average molecular weight is 351 g/mol. The number of nitro groups is 3. The Hall–Kier alpha value is -3.59. The van der Waals surface area contributed by atoms with Crippen molar-refractivity contribution in [1.82, 2.24) is 4.90 Å². The van der Waals surface area contributed by atoms with Crippen LogP contribution in [0.3, 0.4) is 0 Å². The summed E-state index contributed by atoms with van der Waals surface area (Å²) in [5.41, 5.74) is -2.10. The number of phenolic OH excluding ortho intramolecular Hbond substituents is 1. The topological polar surface area (TPSA) is 177 Å². The van der Waals surface area contributed by atoms with Crippen molar-refractivity contribution in [3.63, 3.8) is 0 Å². The van der Waals surface area contributed by atoms with E-state index in [0.717, 1.165) is 25.1 Å². The van der Waals surface area contributed by atoms with Gasteiger partial charge in [0.15, 0.2) is 0 Å².